The Labute approximate surface area is 164 Å². The fourth-order valence-corrected chi connectivity index (χ4v) is 3.79. The normalized spacial score (nSPS) is 15.6. The fraction of sp³-hybridized carbons (Fsp3) is 0.500. The molecule has 27 heavy (non-hydrogen) atoms. The number of aryl methyl sites for hydroxylation is 1. The van der Waals surface area contributed by atoms with E-state index in [1.807, 2.05) is 4.90 Å². The molecule has 1 saturated heterocycles. The Morgan fingerprint density at radius 3 is 2.41 bits per heavy atom. The first-order chi connectivity index (χ1) is 12.8. The molecule has 3 rings (SSSR count). The number of hydrogen-bond donors (Lipinski definition) is 0. The van der Waals surface area contributed by atoms with Crippen molar-refractivity contribution < 1.29 is 9.18 Å². The number of rotatable bonds is 5. The summed E-state index contributed by atoms with van der Waals surface area (Å²) in [6, 6.07) is 6.20. The lowest BCUT2D eigenvalue weighted by molar-refractivity contribution is 0.0623. The molecule has 2 heterocycles. The van der Waals surface area contributed by atoms with E-state index in [1.165, 1.54) is 12.1 Å². The second kappa shape index (κ2) is 8.40. The van der Waals surface area contributed by atoms with Crippen molar-refractivity contribution in [3.05, 3.63) is 52.1 Å². The predicted molar refractivity (Wildman–Crippen MR) is 105 cm³/mol. The molecule has 5 nitrogen and oxygen atoms in total. The lowest BCUT2D eigenvalue weighted by atomic mass is 10.1. The topological polar surface area (TPSA) is 41.4 Å². The third-order valence-corrected chi connectivity index (χ3v) is 5.19. The molecule has 146 valence electrons. The lowest BCUT2D eigenvalue weighted by Crippen LogP contribution is -2.49. The van der Waals surface area contributed by atoms with E-state index in [-0.39, 0.29) is 11.7 Å². The van der Waals surface area contributed by atoms with E-state index in [0.29, 0.717) is 42.0 Å². The number of piperazine rings is 1. The van der Waals surface area contributed by atoms with Crippen molar-refractivity contribution in [2.24, 2.45) is 5.92 Å². The van der Waals surface area contributed by atoms with Crippen LogP contribution < -0.4 is 0 Å². The van der Waals surface area contributed by atoms with Crippen molar-refractivity contribution in [1.82, 2.24) is 19.6 Å². The van der Waals surface area contributed by atoms with Crippen LogP contribution >= 0.6 is 11.6 Å². The molecule has 1 aliphatic rings. The second-order valence-corrected chi connectivity index (χ2v) is 7.88. The maximum Gasteiger partial charge on any atom is 0.258 e. The third-order valence-electron chi connectivity index (χ3n) is 4.81. The van der Waals surface area contributed by atoms with Crippen LogP contribution in [0.2, 0.25) is 5.15 Å². The van der Waals surface area contributed by atoms with Gasteiger partial charge in [-0.3, -0.25) is 9.69 Å². The zero-order valence-corrected chi connectivity index (χ0v) is 16.8. The van der Waals surface area contributed by atoms with Crippen molar-refractivity contribution in [1.29, 1.82) is 0 Å². The van der Waals surface area contributed by atoms with Crippen LogP contribution in [-0.4, -0.2) is 58.2 Å². The van der Waals surface area contributed by atoms with Crippen LogP contribution in [0, 0.1) is 18.7 Å². The Morgan fingerprint density at radius 2 is 1.81 bits per heavy atom. The number of benzene rings is 1. The lowest BCUT2D eigenvalue weighted by Gasteiger charge is -2.35. The Hall–Kier alpha value is -1.92. The highest BCUT2D eigenvalue weighted by molar-refractivity contribution is 6.33. The van der Waals surface area contributed by atoms with Crippen LogP contribution in [0.15, 0.2) is 24.3 Å². The average molecular weight is 393 g/mol. The molecule has 1 aliphatic heterocycles. The van der Waals surface area contributed by atoms with Crippen molar-refractivity contribution >= 4 is 17.5 Å². The maximum absolute atomic E-state index is 13.1. The highest BCUT2D eigenvalue weighted by atomic mass is 35.5. The molecule has 1 amide bonds. The third kappa shape index (κ3) is 4.68. The standard InChI is InChI=1S/C20H26ClFN4O/c1-14(2)12-24-8-10-25(11-9-24)20(27)18-15(3)23-26(19(18)21)13-16-4-6-17(22)7-5-16/h4-7,14H,8-13H2,1-3H3. The first-order valence-corrected chi connectivity index (χ1v) is 9.72. The molecular formula is C20H26ClFN4O. The number of amides is 1. The monoisotopic (exact) mass is 392 g/mol. The molecule has 2 aromatic rings. The molecule has 1 aromatic heterocycles. The van der Waals surface area contributed by atoms with Crippen molar-refractivity contribution in [2.45, 2.75) is 27.3 Å². The summed E-state index contributed by atoms with van der Waals surface area (Å²) in [5.74, 6) is 0.273. The summed E-state index contributed by atoms with van der Waals surface area (Å²) >= 11 is 6.49. The van der Waals surface area contributed by atoms with E-state index in [1.54, 1.807) is 23.7 Å². The largest absolute Gasteiger partial charge is 0.336 e. The van der Waals surface area contributed by atoms with Crippen LogP contribution in [0.3, 0.4) is 0 Å². The van der Waals surface area contributed by atoms with Crippen LogP contribution in [0.5, 0.6) is 0 Å². The Balaban J connectivity index is 1.70. The molecule has 0 atom stereocenters. The van der Waals surface area contributed by atoms with Gasteiger partial charge in [-0.05, 0) is 30.5 Å². The summed E-state index contributed by atoms with van der Waals surface area (Å²) in [6.07, 6.45) is 0. The molecular weight excluding hydrogens is 367 g/mol. The Bertz CT molecular complexity index is 795. The van der Waals surface area contributed by atoms with Crippen LogP contribution in [-0.2, 0) is 6.54 Å². The van der Waals surface area contributed by atoms with E-state index in [4.69, 9.17) is 11.6 Å². The minimum absolute atomic E-state index is 0.0629. The van der Waals surface area contributed by atoms with Gasteiger partial charge >= 0.3 is 0 Å². The van der Waals surface area contributed by atoms with Crippen molar-refractivity contribution in [2.75, 3.05) is 32.7 Å². The maximum atomic E-state index is 13.1. The molecule has 1 aromatic carbocycles. The molecule has 0 saturated carbocycles. The number of hydrogen-bond acceptors (Lipinski definition) is 3. The van der Waals surface area contributed by atoms with Crippen molar-refractivity contribution in [3.63, 3.8) is 0 Å². The molecule has 0 radical (unpaired) electrons. The van der Waals surface area contributed by atoms with Gasteiger partial charge in [-0.25, -0.2) is 9.07 Å². The minimum Gasteiger partial charge on any atom is -0.336 e. The number of aromatic nitrogens is 2. The summed E-state index contributed by atoms with van der Waals surface area (Å²) in [4.78, 5) is 17.2. The summed E-state index contributed by atoms with van der Waals surface area (Å²) in [7, 11) is 0. The zero-order valence-electron chi connectivity index (χ0n) is 16.1. The van der Waals surface area contributed by atoms with E-state index < -0.39 is 0 Å². The molecule has 0 bridgehead atoms. The van der Waals surface area contributed by atoms with Gasteiger partial charge in [-0.15, -0.1) is 0 Å². The molecule has 0 spiro atoms. The van der Waals surface area contributed by atoms with Crippen LogP contribution in [0.25, 0.3) is 0 Å². The number of carbonyl (C=O) groups is 1. The highest BCUT2D eigenvalue weighted by Crippen LogP contribution is 2.23. The van der Waals surface area contributed by atoms with Gasteiger partial charge in [0.25, 0.3) is 5.91 Å². The van der Waals surface area contributed by atoms with E-state index in [9.17, 15) is 9.18 Å². The SMILES string of the molecule is Cc1nn(Cc2ccc(F)cc2)c(Cl)c1C(=O)N1CCN(CC(C)C)CC1. The first-order valence-electron chi connectivity index (χ1n) is 9.34. The quantitative estimate of drug-likeness (QED) is 0.782. The average Bonchev–Trinajstić information content (AvgIpc) is 2.90. The second-order valence-electron chi connectivity index (χ2n) is 7.52. The molecule has 0 N–H and O–H groups in total. The van der Waals surface area contributed by atoms with Gasteiger partial charge in [0.2, 0.25) is 0 Å². The molecule has 7 heteroatoms. The van der Waals surface area contributed by atoms with Gasteiger partial charge in [0.1, 0.15) is 11.0 Å². The minimum atomic E-state index is -0.283. The summed E-state index contributed by atoms with van der Waals surface area (Å²) < 4.78 is 14.7. The molecule has 0 aliphatic carbocycles. The molecule has 0 unspecified atom stereocenters. The van der Waals surface area contributed by atoms with E-state index >= 15 is 0 Å². The molecule has 1 fully saturated rings. The van der Waals surface area contributed by atoms with Gasteiger partial charge < -0.3 is 4.90 Å². The fourth-order valence-electron chi connectivity index (χ4n) is 3.47. The zero-order chi connectivity index (χ0) is 19.6. The predicted octanol–water partition coefficient (Wildman–Crippen LogP) is 3.45. The van der Waals surface area contributed by atoms with Gasteiger partial charge in [-0.1, -0.05) is 37.6 Å². The number of nitrogens with zero attached hydrogens (tertiary/aromatic N) is 4. The smallest absolute Gasteiger partial charge is 0.258 e. The number of carbonyl (C=O) groups excluding carboxylic acids is 1. The summed E-state index contributed by atoms with van der Waals surface area (Å²) in [5, 5.41) is 4.77. The van der Waals surface area contributed by atoms with Gasteiger partial charge in [0.15, 0.2) is 0 Å². The van der Waals surface area contributed by atoms with Gasteiger partial charge in [-0.2, -0.15) is 5.10 Å². The Kier molecular flexibility index (Phi) is 6.17. The van der Waals surface area contributed by atoms with E-state index in [0.717, 1.165) is 25.2 Å². The summed E-state index contributed by atoms with van der Waals surface area (Å²) in [5.41, 5.74) is 1.97. The van der Waals surface area contributed by atoms with Crippen molar-refractivity contribution in [3.8, 4) is 0 Å². The van der Waals surface area contributed by atoms with Crippen LogP contribution in [0.1, 0.15) is 35.5 Å². The number of halogens is 2. The van der Waals surface area contributed by atoms with Gasteiger partial charge in [0.05, 0.1) is 17.8 Å². The van der Waals surface area contributed by atoms with E-state index in [2.05, 4.69) is 23.8 Å². The van der Waals surface area contributed by atoms with Crippen LogP contribution in [0.4, 0.5) is 4.39 Å². The highest BCUT2D eigenvalue weighted by Gasteiger charge is 2.28. The Morgan fingerprint density at radius 1 is 1.19 bits per heavy atom. The van der Waals surface area contributed by atoms with Gasteiger partial charge in [0, 0.05) is 32.7 Å². The summed E-state index contributed by atoms with van der Waals surface area (Å²) in [6.45, 7) is 10.8. The first kappa shape index (κ1) is 19.8.